The Morgan fingerprint density at radius 2 is 1.73 bits per heavy atom. The molecule has 1 aliphatic carbocycles. The molecule has 120 valence electrons. The maximum absolute atomic E-state index is 12.4. The molecule has 0 heterocycles. The van der Waals surface area contributed by atoms with Crippen LogP contribution in [0.4, 0.5) is 0 Å². The van der Waals surface area contributed by atoms with Gasteiger partial charge in [-0.25, -0.2) is 4.79 Å². The summed E-state index contributed by atoms with van der Waals surface area (Å²) in [6.07, 6.45) is 4.84. The lowest BCUT2D eigenvalue weighted by molar-refractivity contribution is -0.133. The van der Waals surface area contributed by atoms with Crippen molar-refractivity contribution >= 4 is 11.9 Å². The van der Waals surface area contributed by atoms with Gasteiger partial charge in [-0.15, -0.1) is 0 Å². The summed E-state index contributed by atoms with van der Waals surface area (Å²) in [4.78, 5) is 24.6. The van der Waals surface area contributed by atoms with E-state index in [0.29, 0.717) is 5.56 Å². The normalized spacial score (nSPS) is 17.0. The van der Waals surface area contributed by atoms with Gasteiger partial charge >= 0.3 is 5.97 Å². The fourth-order valence-electron chi connectivity index (χ4n) is 2.78. The average Bonchev–Trinajstić information content (AvgIpc) is 2.53. The summed E-state index contributed by atoms with van der Waals surface area (Å²) in [6.45, 7) is 3.78. The highest BCUT2D eigenvalue weighted by Crippen LogP contribution is 2.18. The van der Waals surface area contributed by atoms with Crippen molar-refractivity contribution in [1.29, 1.82) is 0 Å². The molecule has 0 spiro atoms. The van der Waals surface area contributed by atoms with Gasteiger partial charge in [0.25, 0.3) is 5.91 Å². The summed E-state index contributed by atoms with van der Waals surface area (Å²) in [7, 11) is 0. The lowest BCUT2D eigenvalue weighted by Gasteiger charge is -2.27. The Morgan fingerprint density at radius 3 is 2.32 bits per heavy atom. The fraction of sp³-hybridized carbons (Fsp3) is 0.556. The highest BCUT2D eigenvalue weighted by atomic mass is 16.5. The summed E-state index contributed by atoms with van der Waals surface area (Å²) in [5.41, 5.74) is 0.471. The molecule has 4 nitrogen and oxygen atoms in total. The van der Waals surface area contributed by atoms with Crippen LogP contribution in [-0.4, -0.2) is 24.0 Å². The van der Waals surface area contributed by atoms with Gasteiger partial charge in [0.15, 0.2) is 6.10 Å². The number of amides is 1. The molecule has 0 aromatic heterocycles. The largest absolute Gasteiger partial charge is 0.448 e. The molecular weight excluding hydrogens is 278 g/mol. The van der Waals surface area contributed by atoms with Gasteiger partial charge in [-0.05, 0) is 30.9 Å². The van der Waals surface area contributed by atoms with E-state index in [1.165, 1.54) is 6.42 Å². The zero-order valence-corrected chi connectivity index (χ0v) is 13.4. The van der Waals surface area contributed by atoms with E-state index >= 15 is 0 Å². The lowest BCUT2D eigenvalue weighted by atomic mass is 9.95. The monoisotopic (exact) mass is 303 g/mol. The Labute approximate surface area is 132 Å². The van der Waals surface area contributed by atoms with Crippen molar-refractivity contribution in [3.8, 4) is 0 Å². The number of hydrogen-bond donors (Lipinski definition) is 1. The number of carbonyl (C=O) groups excluding carboxylic acids is 2. The van der Waals surface area contributed by atoms with Gasteiger partial charge in [0, 0.05) is 6.04 Å². The number of benzene rings is 1. The minimum atomic E-state index is -0.741. The molecule has 1 amide bonds. The van der Waals surface area contributed by atoms with E-state index in [-0.39, 0.29) is 17.9 Å². The maximum atomic E-state index is 12.4. The van der Waals surface area contributed by atoms with Crippen molar-refractivity contribution in [1.82, 2.24) is 5.32 Å². The number of hydrogen-bond acceptors (Lipinski definition) is 3. The predicted molar refractivity (Wildman–Crippen MR) is 85.5 cm³/mol. The summed E-state index contributed by atoms with van der Waals surface area (Å²) >= 11 is 0. The Kier molecular flexibility index (Phi) is 5.99. The van der Waals surface area contributed by atoms with Crippen LogP contribution in [0.1, 0.15) is 56.3 Å². The van der Waals surface area contributed by atoms with Crippen LogP contribution in [0.25, 0.3) is 0 Å². The third kappa shape index (κ3) is 4.58. The molecule has 1 unspecified atom stereocenters. The number of ether oxygens (including phenoxy) is 1. The Bertz CT molecular complexity index is 492. The first-order valence-electron chi connectivity index (χ1n) is 8.14. The van der Waals surface area contributed by atoms with Gasteiger partial charge in [-0.3, -0.25) is 4.79 Å². The molecule has 1 aliphatic rings. The van der Waals surface area contributed by atoms with Crippen molar-refractivity contribution < 1.29 is 14.3 Å². The van der Waals surface area contributed by atoms with Crippen LogP contribution in [0.15, 0.2) is 30.3 Å². The number of rotatable bonds is 5. The third-order valence-electron chi connectivity index (χ3n) is 4.06. The van der Waals surface area contributed by atoms with Crippen molar-refractivity contribution in [2.24, 2.45) is 5.92 Å². The molecule has 0 saturated heterocycles. The number of nitrogens with one attached hydrogen (secondary N) is 1. The maximum Gasteiger partial charge on any atom is 0.338 e. The topological polar surface area (TPSA) is 55.4 Å². The smallest absolute Gasteiger partial charge is 0.338 e. The average molecular weight is 303 g/mol. The molecule has 0 radical (unpaired) electrons. The van der Waals surface area contributed by atoms with Crippen LogP contribution in [0.2, 0.25) is 0 Å². The Balaban J connectivity index is 1.96. The van der Waals surface area contributed by atoms with E-state index < -0.39 is 12.1 Å². The first kappa shape index (κ1) is 16.5. The van der Waals surface area contributed by atoms with Crippen molar-refractivity contribution in [3.05, 3.63) is 35.9 Å². The van der Waals surface area contributed by atoms with Crippen LogP contribution in [0.5, 0.6) is 0 Å². The van der Waals surface area contributed by atoms with Crippen LogP contribution in [-0.2, 0) is 9.53 Å². The predicted octanol–water partition coefficient (Wildman–Crippen LogP) is 3.32. The quantitative estimate of drug-likeness (QED) is 0.849. The van der Waals surface area contributed by atoms with Crippen LogP contribution < -0.4 is 5.32 Å². The molecule has 1 fully saturated rings. The van der Waals surface area contributed by atoms with Gasteiger partial charge in [0.1, 0.15) is 0 Å². The van der Waals surface area contributed by atoms with Gasteiger partial charge in [0.2, 0.25) is 0 Å². The van der Waals surface area contributed by atoms with Crippen molar-refractivity contribution in [3.63, 3.8) is 0 Å². The highest BCUT2D eigenvalue weighted by Gasteiger charge is 2.29. The van der Waals surface area contributed by atoms with Crippen LogP contribution in [0, 0.1) is 5.92 Å². The highest BCUT2D eigenvalue weighted by molar-refractivity contribution is 5.92. The van der Waals surface area contributed by atoms with E-state index in [1.807, 2.05) is 19.9 Å². The fourth-order valence-corrected chi connectivity index (χ4v) is 2.78. The zero-order valence-electron chi connectivity index (χ0n) is 13.4. The molecule has 22 heavy (non-hydrogen) atoms. The molecule has 1 aromatic rings. The minimum absolute atomic E-state index is 0.0590. The SMILES string of the molecule is CC(C)C(OC(=O)c1ccccc1)C(=O)NC1CCCCC1. The Morgan fingerprint density at radius 1 is 1.09 bits per heavy atom. The molecule has 1 N–H and O–H groups in total. The van der Waals surface area contributed by atoms with Gasteiger partial charge < -0.3 is 10.1 Å². The lowest BCUT2D eigenvalue weighted by Crippen LogP contribution is -2.46. The molecule has 2 rings (SSSR count). The van der Waals surface area contributed by atoms with Gasteiger partial charge in [0.05, 0.1) is 5.56 Å². The molecule has 0 aliphatic heterocycles. The van der Waals surface area contributed by atoms with Gasteiger partial charge in [-0.1, -0.05) is 51.3 Å². The van der Waals surface area contributed by atoms with E-state index in [4.69, 9.17) is 4.74 Å². The van der Waals surface area contributed by atoms with E-state index in [9.17, 15) is 9.59 Å². The van der Waals surface area contributed by atoms with Crippen LogP contribution in [0.3, 0.4) is 0 Å². The van der Waals surface area contributed by atoms with Crippen LogP contribution >= 0.6 is 0 Å². The summed E-state index contributed by atoms with van der Waals surface area (Å²) in [6, 6.07) is 9.01. The van der Waals surface area contributed by atoms with E-state index in [2.05, 4.69) is 5.32 Å². The zero-order chi connectivity index (χ0) is 15.9. The second-order valence-corrected chi connectivity index (χ2v) is 6.28. The standard InChI is InChI=1S/C18H25NO3/c1-13(2)16(17(20)19-15-11-7-4-8-12-15)22-18(21)14-9-5-3-6-10-14/h3,5-6,9-10,13,15-16H,4,7-8,11-12H2,1-2H3,(H,19,20). The first-order valence-corrected chi connectivity index (χ1v) is 8.14. The second kappa shape index (κ2) is 7.97. The minimum Gasteiger partial charge on any atom is -0.448 e. The Hall–Kier alpha value is -1.84. The molecule has 4 heteroatoms. The molecule has 1 aromatic carbocycles. The molecule has 1 saturated carbocycles. The second-order valence-electron chi connectivity index (χ2n) is 6.28. The van der Waals surface area contributed by atoms with E-state index in [1.54, 1.807) is 24.3 Å². The van der Waals surface area contributed by atoms with Crippen molar-refractivity contribution in [2.75, 3.05) is 0 Å². The molecular formula is C18H25NO3. The van der Waals surface area contributed by atoms with Gasteiger partial charge in [-0.2, -0.15) is 0 Å². The summed E-state index contributed by atoms with van der Waals surface area (Å²) in [5, 5.41) is 3.04. The third-order valence-corrected chi connectivity index (χ3v) is 4.06. The summed E-state index contributed by atoms with van der Waals surface area (Å²) in [5.74, 6) is -0.680. The van der Waals surface area contributed by atoms with E-state index in [0.717, 1.165) is 25.7 Å². The molecule has 0 bridgehead atoms. The first-order chi connectivity index (χ1) is 10.6. The number of carbonyl (C=O) groups is 2. The van der Waals surface area contributed by atoms with Crippen molar-refractivity contribution in [2.45, 2.75) is 58.1 Å². The molecule has 1 atom stereocenters. The summed E-state index contributed by atoms with van der Waals surface area (Å²) < 4.78 is 5.45. The number of esters is 1.